The van der Waals surface area contributed by atoms with Crippen LogP contribution in [-0.4, -0.2) is 31.8 Å². The summed E-state index contributed by atoms with van der Waals surface area (Å²) in [5.41, 5.74) is 0. The fourth-order valence-electron chi connectivity index (χ4n) is 1.93. The average molecular weight is 258 g/mol. The van der Waals surface area contributed by atoms with Crippen molar-refractivity contribution in [3.05, 3.63) is 0 Å². The van der Waals surface area contributed by atoms with Gasteiger partial charge < -0.3 is 0 Å². The number of quaternary nitrogens is 1. The van der Waals surface area contributed by atoms with E-state index >= 15 is 0 Å². The van der Waals surface area contributed by atoms with Crippen molar-refractivity contribution in [2.45, 2.75) is 71.1 Å². The van der Waals surface area contributed by atoms with E-state index in [9.17, 15) is 4.79 Å². The summed E-state index contributed by atoms with van der Waals surface area (Å²) in [6, 6.07) is 0. The van der Waals surface area contributed by atoms with Crippen molar-refractivity contribution < 1.29 is 14.3 Å². The first-order valence-corrected chi connectivity index (χ1v) is 7.49. The third kappa shape index (κ3) is 13.5. The Morgan fingerprint density at radius 3 is 1.72 bits per heavy atom. The zero-order valence-electron chi connectivity index (χ0n) is 12.8. The van der Waals surface area contributed by atoms with Gasteiger partial charge in [0.25, 0.3) is 0 Å². The summed E-state index contributed by atoms with van der Waals surface area (Å²) in [7, 11) is 5.57. The van der Waals surface area contributed by atoms with Gasteiger partial charge in [-0.15, -0.1) is 4.65 Å². The molecule has 0 rings (SSSR count). The van der Waals surface area contributed by atoms with Gasteiger partial charge >= 0.3 is 5.97 Å². The number of carbonyl (C=O) groups is 1. The maximum Gasteiger partial charge on any atom is 0.366 e. The zero-order chi connectivity index (χ0) is 13.9. The van der Waals surface area contributed by atoms with Crippen molar-refractivity contribution in [3.63, 3.8) is 0 Å². The van der Waals surface area contributed by atoms with E-state index in [2.05, 4.69) is 6.92 Å². The molecule has 0 atom stereocenters. The van der Waals surface area contributed by atoms with Gasteiger partial charge in [0.15, 0.2) is 0 Å². The van der Waals surface area contributed by atoms with Crippen LogP contribution in [0, 0.1) is 0 Å². The molecule has 0 N–H and O–H groups in total. The predicted molar refractivity (Wildman–Crippen MR) is 76.0 cm³/mol. The van der Waals surface area contributed by atoms with Gasteiger partial charge in [-0.25, -0.2) is 4.79 Å². The molecule has 0 aliphatic heterocycles. The van der Waals surface area contributed by atoms with E-state index in [-0.39, 0.29) is 10.6 Å². The van der Waals surface area contributed by atoms with Crippen LogP contribution in [0.3, 0.4) is 0 Å². The van der Waals surface area contributed by atoms with Crippen molar-refractivity contribution in [1.29, 1.82) is 0 Å². The minimum absolute atomic E-state index is 0.0783. The van der Waals surface area contributed by atoms with Crippen molar-refractivity contribution in [1.82, 2.24) is 0 Å². The third-order valence-corrected chi connectivity index (χ3v) is 2.86. The summed E-state index contributed by atoms with van der Waals surface area (Å²) in [4.78, 5) is 16.6. The lowest BCUT2D eigenvalue weighted by atomic mass is 10.1. The maximum absolute atomic E-state index is 11.4. The van der Waals surface area contributed by atoms with Crippen LogP contribution in [0.5, 0.6) is 0 Å². The van der Waals surface area contributed by atoms with Gasteiger partial charge in [-0.05, 0) is 6.42 Å². The second kappa shape index (κ2) is 10.4. The van der Waals surface area contributed by atoms with Gasteiger partial charge in [-0.3, -0.25) is 4.84 Å². The molecule has 0 saturated carbocycles. The van der Waals surface area contributed by atoms with E-state index in [4.69, 9.17) is 4.84 Å². The van der Waals surface area contributed by atoms with E-state index in [0.717, 1.165) is 12.8 Å². The Balaban J connectivity index is 3.23. The van der Waals surface area contributed by atoms with Gasteiger partial charge in [-0.1, -0.05) is 58.3 Å². The van der Waals surface area contributed by atoms with Crippen LogP contribution in [0.4, 0.5) is 0 Å². The number of hydrogen-bond acceptors (Lipinski definition) is 2. The molecule has 3 nitrogen and oxygen atoms in total. The molecular weight excluding hydrogens is 226 g/mol. The fourth-order valence-corrected chi connectivity index (χ4v) is 1.93. The number of nitrogens with zero attached hydrogens (tertiary/aromatic N) is 1. The Bertz CT molecular complexity index is 209. The summed E-state index contributed by atoms with van der Waals surface area (Å²) in [5, 5.41) is 0. The maximum atomic E-state index is 11.4. The molecule has 0 aromatic rings. The van der Waals surface area contributed by atoms with E-state index in [0.29, 0.717) is 6.42 Å². The number of hydrogen-bond donors (Lipinski definition) is 0. The van der Waals surface area contributed by atoms with Gasteiger partial charge in [0.1, 0.15) is 21.1 Å². The molecule has 0 amide bonds. The third-order valence-electron chi connectivity index (χ3n) is 2.86. The summed E-state index contributed by atoms with van der Waals surface area (Å²) in [5.74, 6) is -0.0783. The summed E-state index contributed by atoms with van der Waals surface area (Å²) < 4.78 is 0.260. The lowest BCUT2D eigenvalue weighted by Gasteiger charge is -2.20. The molecule has 0 saturated heterocycles. The average Bonchev–Trinajstić information content (AvgIpc) is 2.24. The van der Waals surface area contributed by atoms with E-state index in [1.807, 2.05) is 21.1 Å². The number of rotatable bonds is 11. The second-order valence-electron chi connectivity index (χ2n) is 5.93. The van der Waals surface area contributed by atoms with Gasteiger partial charge in [0, 0.05) is 0 Å². The number of carbonyl (C=O) groups excluding carboxylic acids is 1. The largest absolute Gasteiger partial charge is 0.366 e. The quantitative estimate of drug-likeness (QED) is 0.317. The highest BCUT2D eigenvalue weighted by atomic mass is 16.7. The lowest BCUT2D eigenvalue weighted by molar-refractivity contribution is -1.04. The van der Waals surface area contributed by atoms with E-state index < -0.39 is 0 Å². The van der Waals surface area contributed by atoms with Crippen LogP contribution in [0.15, 0.2) is 0 Å². The molecule has 0 fully saturated rings. The van der Waals surface area contributed by atoms with Gasteiger partial charge in [0.2, 0.25) is 0 Å². The van der Waals surface area contributed by atoms with Crippen LogP contribution in [0.2, 0.25) is 0 Å². The van der Waals surface area contributed by atoms with Crippen molar-refractivity contribution in [3.8, 4) is 0 Å². The van der Waals surface area contributed by atoms with Crippen LogP contribution >= 0.6 is 0 Å². The molecule has 0 heterocycles. The molecule has 18 heavy (non-hydrogen) atoms. The molecule has 0 aromatic carbocycles. The molecule has 0 radical (unpaired) electrons. The Kier molecular flexibility index (Phi) is 10.0. The molecule has 0 spiro atoms. The Hall–Kier alpha value is -0.570. The highest BCUT2D eigenvalue weighted by molar-refractivity contribution is 5.68. The summed E-state index contributed by atoms with van der Waals surface area (Å²) in [6.45, 7) is 2.25. The molecule has 0 bridgehead atoms. The molecule has 3 heteroatoms. The molecule has 0 aromatic heterocycles. The standard InChI is InChI=1S/C15H32NO2/c1-5-6-7-8-9-10-11-12-13-14-15(17)18-16(2,3)4/h5-14H2,1-4H3/q+1. The minimum Gasteiger partial charge on any atom is -0.277 e. The fraction of sp³-hybridized carbons (Fsp3) is 0.933. The Morgan fingerprint density at radius 2 is 1.28 bits per heavy atom. The normalized spacial score (nSPS) is 11.6. The Morgan fingerprint density at radius 1 is 0.833 bits per heavy atom. The van der Waals surface area contributed by atoms with Crippen LogP contribution in [-0.2, 0) is 9.63 Å². The number of unbranched alkanes of at least 4 members (excludes halogenated alkanes) is 8. The summed E-state index contributed by atoms with van der Waals surface area (Å²) in [6.07, 6.45) is 12.0. The van der Waals surface area contributed by atoms with E-state index in [1.54, 1.807) is 0 Å². The number of hydroxylamine groups is 3. The molecular formula is C15H32NO2+. The smallest absolute Gasteiger partial charge is 0.277 e. The second-order valence-corrected chi connectivity index (χ2v) is 5.93. The molecule has 108 valence electrons. The first kappa shape index (κ1) is 17.4. The van der Waals surface area contributed by atoms with Gasteiger partial charge in [-0.2, -0.15) is 0 Å². The molecule has 0 unspecified atom stereocenters. The zero-order valence-corrected chi connectivity index (χ0v) is 12.8. The highest BCUT2D eigenvalue weighted by Crippen LogP contribution is 2.11. The van der Waals surface area contributed by atoms with Crippen molar-refractivity contribution in [2.24, 2.45) is 0 Å². The topological polar surface area (TPSA) is 26.3 Å². The SMILES string of the molecule is CCCCCCCCCCCC(=O)O[N+](C)(C)C. The van der Waals surface area contributed by atoms with Crippen LogP contribution in [0.1, 0.15) is 71.1 Å². The molecule has 0 aliphatic rings. The lowest BCUT2D eigenvalue weighted by Crippen LogP contribution is -2.36. The van der Waals surface area contributed by atoms with Crippen molar-refractivity contribution >= 4 is 5.97 Å². The first-order valence-electron chi connectivity index (χ1n) is 7.49. The van der Waals surface area contributed by atoms with Crippen LogP contribution < -0.4 is 0 Å². The predicted octanol–water partition coefficient (Wildman–Crippen LogP) is 4.07. The van der Waals surface area contributed by atoms with Crippen molar-refractivity contribution in [2.75, 3.05) is 21.1 Å². The Labute approximate surface area is 113 Å². The van der Waals surface area contributed by atoms with Gasteiger partial charge in [0.05, 0.1) is 6.42 Å². The minimum atomic E-state index is -0.0783. The van der Waals surface area contributed by atoms with E-state index in [1.165, 1.54) is 44.9 Å². The highest BCUT2D eigenvalue weighted by Gasteiger charge is 2.14. The van der Waals surface area contributed by atoms with Crippen LogP contribution in [0.25, 0.3) is 0 Å². The monoisotopic (exact) mass is 258 g/mol. The summed E-state index contributed by atoms with van der Waals surface area (Å²) >= 11 is 0. The molecule has 0 aliphatic carbocycles. The first-order chi connectivity index (χ1) is 8.45.